The Morgan fingerprint density at radius 2 is 2.29 bits per heavy atom. The minimum Gasteiger partial charge on any atom is -0.390 e. The molecule has 7 nitrogen and oxygen atoms in total. The Labute approximate surface area is 97.3 Å². The van der Waals surface area contributed by atoms with E-state index in [1.54, 1.807) is 0 Å². The number of nitrogens with two attached hydrogens (primary N) is 1. The first kappa shape index (κ1) is 12.3. The number of aromatic nitrogens is 2. The first-order valence-electron chi connectivity index (χ1n) is 5.16. The van der Waals surface area contributed by atoms with Gasteiger partial charge in [0, 0.05) is 18.5 Å². The van der Waals surface area contributed by atoms with Crippen LogP contribution in [-0.4, -0.2) is 44.5 Å². The molecule has 1 aliphatic rings. The molecule has 1 aromatic heterocycles. The predicted octanol–water partition coefficient (Wildman–Crippen LogP) is -0.946. The van der Waals surface area contributed by atoms with Crippen LogP contribution in [0.3, 0.4) is 0 Å². The van der Waals surface area contributed by atoms with E-state index in [1.165, 1.54) is 16.8 Å². The lowest BCUT2D eigenvalue weighted by Gasteiger charge is -2.16. The number of nitrogen functional groups attached to an aromatic ring is 1. The Bertz CT molecular complexity index is 529. The molecule has 2 rings (SSSR count). The predicted molar refractivity (Wildman–Crippen MR) is 62.4 cm³/mol. The number of hydrogen-bond acceptors (Lipinski definition) is 6. The smallest absolute Gasteiger partial charge is 0.349 e. The van der Waals surface area contributed by atoms with Gasteiger partial charge in [0.1, 0.15) is 13.0 Å². The van der Waals surface area contributed by atoms with Gasteiger partial charge in [-0.15, -0.1) is 0 Å². The maximum atomic E-state index is 12.0. The van der Waals surface area contributed by atoms with Crippen LogP contribution >= 0.6 is 7.14 Å². The molecule has 0 aliphatic carbocycles. The highest BCUT2D eigenvalue weighted by Gasteiger charge is 2.41. The van der Waals surface area contributed by atoms with Crippen LogP contribution in [0.2, 0.25) is 0 Å². The second kappa shape index (κ2) is 4.25. The van der Waals surface area contributed by atoms with Crippen LogP contribution in [0, 0.1) is 0 Å². The maximum Gasteiger partial charge on any atom is 0.349 e. The Morgan fingerprint density at radius 3 is 2.82 bits per heavy atom. The van der Waals surface area contributed by atoms with Crippen LogP contribution in [-0.2, 0) is 4.57 Å². The summed E-state index contributed by atoms with van der Waals surface area (Å²) in [7, 11) is -2.77. The zero-order valence-electron chi connectivity index (χ0n) is 9.06. The first-order chi connectivity index (χ1) is 7.95. The van der Waals surface area contributed by atoms with Crippen molar-refractivity contribution in [3.05, 3.63) is 22.7 Å². The lowest BCUT2D eigenvalue weighted by molar-refractivity contribution is 0.150. The highest BCUT2D eigenvalue weighted by atomic mass is 31.2. The van der Waals surface area contributed by atoms with Crippen molar-refractivity contribution in [2.24, 2.45) is 0 Å². The molecule has 4 N–H and O–H groups in total. The first-order valence-corrected chi connectivity index (χ1v) is 7.42. The van der Waals surface area contributed by atoms with Crippen molar-refractivity contribution in [3.63, 3.8) is 0 Å². The number of aliphatic hydroxyl groups excluding tert-OH is 2. The zero-order valence-corrected chi connectivity index (χ0v) is 9.96. The summed E-state index contributed by atoms with van der Waals surface area (Å²) in [4.78, 5) is 15.1. The lowest BCUT2D eigenvalue weighted by atomic mass is 10.2. The topological polar surface area (TPSA) is 118 Å². The third-order valence-corrected chi connectivity index (χ3v) is 5.54. The fourth-order valence-electron chi connectivity index (χ4n) is 2.07. The van der Waals surface area contributed by atoms with Gasteiger partial charge in [-0.1, -0.05) is 0 Å². The molecular weight excluding hydrogens is 245 g/mol. The number of nitrogens with zero attached hydrogens (tertiary/aromatic N) is 2. The maximum absolute atomic E-state index is 12.0. The van der Waals surface area contributed by atoms with Crippen molar-refractivity contribution in [2.75, 3.05) is 24.4 Å². The molecule has 2 heterocycles. The van der Waals surface area contributed by atoms with E-state index >= 15 is 0 Å². The van der Waals surface area contributed by atoms with E-state index in [9.17, 15) is 14.5 Å². The number of anilines is 1. The van der Waals surface area contributed by atoms with Gasteiger partial charge in [-0.25, -0.2) is 4.79 Å². The van der Waals surface area contributed by atoms with E-state index < -0.39 is 31.3 Å². The van der Waals surface area contributed by atoms with Gasteiger partial charge in [0.15, 0.2) is 0 Å². The number of hydrogen-bond donors (Lipinski definition) is 3. The van der Waals surface area contributed by atoms with Gasteiger partial charge in [-0.05, 0) is 6.07 Å². The van der Waals surface area contributed by atoms with Gasteiger partial charge in [0.25, 0.3) is 0 Å². The highest BCUT2D eigenvalue weighted by molar-refractivity contribution is 7.64. The van der Waals surface area contributed by atoms with Crippen LogP contribution in [0.15, 0.2) is 17.1 Å². The average Bonchev–Trinajstić information content (AvgIpc) is 2.55. The Kier molecular flexibility index (Phi) is 3.07. The molecule has 0 amide bonds. The summed E-state index contributed by atoms with van der Waals surface area (Å²) < 4.78 is 13.2. The van der Waals surface area contributed by atoms with Crippen LogP contribution < -0.4 is 11.4 Å². The van der Waals surface area contributed by atoms with Crippen molar-refractivity contribution in [3.8, 4) is 0 Å². The summed E-state index contributed by atoms with van der Waals surface area (Å²) in [6.07, 6.45) is 0.209. The molecule has 94 valence electrons. The minimum atomic E-state index is -2.77. The SMILES string of the molecule is Nc1ccn([C@@H]2C[P@@](=O)(CO)C[C@H]2O)c(=O)n1. The van der Waals surface area contributed by atoms with Crippen molar-refractivity contribution in [1.29, 1.82) is 0 Å². The van der Waals surface area contributed by atoms with Crippen molar-refractivity contribution in [2.45, 2.75) is 12.1 Å². The van der Waals surface area contributed by atoms with E-state index in [2.05, 4.69) is 4.98 Å². The molecule has 1 saturated heterocycles. The van der Waals surface area contributed by atoms with Crippen LogP contribution in [0.4, 0.5) is 5.82 Å². The molecule has 1 fully saturated rings. The quantitative estimate of drug-likeness (QED) is 0.589. The van der Waals surface area contributed by atoms with Crippen molar-refractivity contribution < 1.29 is 14.8 Å². The molecule has 0 spiro atoms. The second-order valence-electron chi connectivity index (χ2n) is 4.24. The average molecular weight is 259 g/mol. The van der Waals surface area contributed by atoms with Gasteiger partial charge in [-0.3, -0.25) is 4.57 Å². The summed E-state index contributed by atoms with van der Waals surface area (Å²) >= 11 is 0. The molecule has 17 heavy (non-hydrogen) atoms. The monoisotopic (exact) mass is 259 g/mol. The van der Waals surface area contributed by atoms with Gasteiger partial charge in [-0.2, -0.15) is 4.98 Å². The molecule has 0 bridgehead atoms. The summed E-state index contributed by atoms with van der Waals surface area (Å²) in [6.45, 7) is 0. The van der Waals surface area contributed by atoms with Gasteiger partial charge < -0.3 is 20.5 Å². The zero-order chi connectivity index (χ0) is 12.6. The Morgan fingerprint density at radius 1 is 1.59 bits per heavy atom. The molecule has 0 unspecified atom stereocenters. The summed E-state index contributed by atoms with van der Waals surface area (Å²) in [5.41, 5.74) is 4.78. The van der Waals surface area contributed by atoms with E-state index in [4.69, 9.17) is 10.8 Å². The summed E-state index contributed by atoms with van der Waals surface area (Å²) in [6, 6.07) is 0.838. The largest absolute Gasteiger partial charge is 0.390 e. The molecular formula is C9H14N3O4P. The van der Waals surface area contributed by atoms with E-state index in [1.807, 2.05) is 0 Å². The normalized spacial score (nSPS) is 32.8. The molecule has 0 radical (unpaired) electrons. The van der Waals surface area contributed by atoms with Crippen molar-refractivity contribution in [1.82, 2.24) is 9.55 Å². The number of aliphatic hydroxyl groups is 2. The van der Waals surface area contributed by atoms with Crippen LogP contribution in [0.5, 0.6) is 0 Å². The molecule has 0 aromatic carbocycles. The second-order valence-corrected chi connectivity index (χ2v) is 7.37. The molecule has 8 heteroatoms. The van der Waals surface area contributed by atoms with Gasteiger partial charge >= 0.3 is 5.69 Å². The molecule has 0 saturated carbocycles. The molecule has 1 aromatic rings. The third-order valence-electron chi connectivity index (χ3n) is 2.95. The van der Waals surface area contributed by atoms with E-state index in [-0.39, 0.29) is 18.1 Å². The standard InChI is InChI=1S/C9H14N3O4P/c10-8-1-2-12(9(15)11-8)6-3-17(16,5-13)4-7(6)14/h1-2,6-7,13-14H,3-5H2,(H2,10,11,15)/t6-,7-,17+/m1/s1. The summed E-state index contributed by atoms with van der Waals surface area (Å²) in [5.74, 6) is 0.101. The summed E-state index contributed by atoms with van der Waals surface area (Å²) in [5, 5.41) is 18.8. The molecule has 1 aliphatic heterocycles. The van der Waals surface area contributed by atoms with Gasteiger partial charge in [0.05, 0.1) is 18.5 Å². The molecule has 3 atom stereocenters. The minimum absolute atomic E-state index is 0.0327. The number of rotatable bonds is 2. The van der Waals surface area contributed by atoms with E-state index in [0.717, 1.165) is 0 Å². The van der Waals surface area contributed by atoms with E-state index in [0.29, 0.717) is 0 Å². The van der Waals surface area contributed by atoms with Gasteiger partial charge in [0.2, 0.25) is 0 Å². The lowest BCUT2D eigenvalue weighted by Crippen LogP contribution is -2.32. The van der Waals surface area contributed by atoms with Crippen LogP contribution in [0.1, 0.15) is 6.04 Å². The highest BCUT2D eigenvalue weighted by Crippen LogP contribution is 2.54. The Balaban J connectivity index is 2.36. The van der Waals surface area contributed by atoms with Crippen molar-refractivity contribution >= 4 is 13.0 Å². The van der Waals surface area contributed by atoms with Crippen LogP contribution in [0.25, 0.3) is 0 Å². The Hall–Kier alpha value is -1.17. The third kappa shape index (κ3) is 2.26. The fourth-order valence-corrected chi connectivity index (χ4v) is 4.47. The fraction of sp³-hybridized carbons (Fsp3) is 0.556.